The number of benzene rings is 1. The fourth-order valence-electron chi connectivity index (χ4n) is 2.82. The quantitative estimate of drug-likeness (QED) is 0.937. The summed E-state index contributed by atoms with van der Waals surface area (Å²) in [7, 11) is 1.70. The smallest absolute Gasteiger partial charge is 0.142 e. The maximum atomic E-state index is 5.49. The predicted molar refractivity (Wildman–Crippen MR) is 82.7 cm³/mol. The van der Waals surface area contributed by atoms with Crippen LogP contribution in [-0.4, -0.2) is 29.8 Å². The molecule has 20 heavy (non-hydrogen) atoms. The van der Waals surface area contributed by atoms with E-state index in [1.165, 1.54) is 5.69 Å². The third kappa shape index (κ3) is 2.25. The van der Waals surface area contributed by atoms with Crippen LogP contribution in [0.15, 0.2) is 35.2 Å². The van der Waals surface area contributed by atoms with Gasteiger partial charge in [-0.25, -0.2) is 4.98 Å². The molecule has 0 aliphatic carbocycles. The van der Waals surface area contributed by atoms with Crippen molar-refractivity contribution < 1.29 is 4.74 Å². The van der Waals surface area contributed by atoms with Gasteiger partial charge in [-0.15, -0.1) is 0 Å². The molecule has 1 fully saturated rings. The molecular weight excluding hydrogens is 318 g/mol. The summed E-state index contributed by atoms with van der Waals surface area (Å²) >= 11 is 3.53. The van der Waals surface area contributed by atoms with E-state index < -0.39 is 0 Å². The molecule has 1 aliphatic heterocycles. The first-order chi connectivity index (χ1) is 9.64. The summed E-state index contributed by atoms with van der Waals surface area (Å²) in [6.45, 7) is 4.32. The van der Waals surface area contributed by atoms with E-state index in [2.05, 4.69) is 43.8 Å². The molecule has 1 N–H and O–H groups in total. The summed E-state index contributed by atoms with van der Waals surface area (Å²) < 4.78 is 8.66. The molecule has 0 bridgehead atoms. The van der Waals surface area contributed by atoms with Gasteiger partial charge >= 0.3 is 0 Å². The van der Waals surface area contributed by atoms with Crippen molar-refractivity contribution in [3.63, 3.8) is 0 Å². The molecule has 3 rings (SSSR count). The van der Waals surface area contributed by atoms with Crippen LogP contribution in [0.25, 0.3) is 5.69 Å². The Kier molecular flexibility index (Phi) is 3.56. The topological polar surface area (TPSA) is 39.1 Å². The number of ether oxygens (including phenoxy) is 1. The minimum absolute atomic E-state index is 0.115. The summed E-state index contributed by atoms with van der Waals surface area (Å²) in [6.07, 6.45) is 4.95. The molecule has 1 saturated heterocycles. The van der Waals surface area contributed by atoms with Crippen LogP contribution in [0.3, 0.4) is 0 Å². The number of methoxy groups -OCH3 is 1. The Morgan fingerprint density at radius 3 is 3.00 bits per heavy atom. The average molecular weight is 336 g/mol. The fourth-order valence-corrected chi connectivity index (χ4v) is 3.17. The zero-order chi connectivity index (χ0) is 14.2. The van der Waals surface area contributed by atoms with E-state index in [1.807, 2.05) is 24.7 Å². The van der Waals surface area contributed by atoms with Gasteiger partial charge in [0.1, 0.15) is 5.75 Å². The number of hydrogen-bond donors (Lipinski definition) is 1. The fraction of sp³-hybridized carbons (Fsp3) is 0.400. The molecule has 0 radical (unpaired) electrons. The van der Waals surface area contributed by atoms with Crippen LogP contribution in [0.5, 0.6) is 5.75 Å². The Bertz CT molecular complexity index is 617. The second-order valence-corrected chi connectivity index (χ2v) is 6.37. The maximum Gasteiger partial charge on any atom is 0.142 e. The zero-order valence-electron chi connectivity index (χ0n) is 11.7. The molecule has 5 heteroatoms. The number of aromatic nitrogens is 2. The van der Waals surface area contributed by atoms with Crippen molar-refractivity contribution in [2.75, 3.05) is 20.2 Å². The second kappa shape index (κ2) is 5.22. The highest BCUT2D eigenvalue weighted by Crippen LogP contribution is 2.34. The maximum absolute atomic E-state index is 5.49. The summed E-state index contributed by atoms with van der Waals surface area (Å²) in [4.78, 5) is 4.36. The van der Waals surface area contributed by atoms with Crippen molar-refractivity contribution in [1.29, 1.82) is 0 Å². The minimum Gasteiger partial charge on any atom is -0.495 e. The van der Waals surface area contributed by atoms with Crippen molar-refractivity contribution in [2.45, 2.75) is 18.8 Å². The molecular formula is C15H18BrN3O. The molecule has 1 aromatic carbocycles. The van der Waals surface area contributed by atoms with Crippen molar-refractivity contribution >= 4 is 15.9 Å². The summed E-state index contributed by atoms with van der Waals surface area (Å²) in [5.74, 6) is 0.849. The standard InChI is InChI=1S/C15H18BrN3O/c1-15(5-6-17-9-15)14-8-18-10-19(14)12-7-11(16)3-4-13(12)20-2/h3-4,7-8,10,17H,5-6,9H2,1-2H3. The van der Waals surface area contributed by atoms with Crippen LogP contribution >= 0.6 is 15.9 Å². The van der Waals surface area contributed by atoms with Crippen molar-refractivity contribution in [1.82, 2.24) is 14.9 Å². The Hall–Kier alpha value is -1.33. The first-order valence-electron chi connectivity index (χ1n) is 6.71. The third-order valence-electron chi connectivity index (χ3n) is 4.03. The van der Waals surface area contributed by atoms with Crippen LogP contribution in [0, 0.1) is 0 Å². The number of nitrogens with zero attached hydrogens (tertiary/aromatic N) is 2. The van der Waals surface area contributed by atoms with Crippen LogP contribution in [-0.2, 0) is 5.41 Å². The van der Waals surface area contributed by atoms with Crippen LogP contribution in [0.2, 0.25) is 0 Å². The van der Waals surface area contributed by atoms with Gasteiger partial charge in [-0.05, 0) is 31.2 Å². The average Bonchev–Trinajstić information content (AvgIpc) is 3.08. The molecule has 1 unspecified atom stereocenters. The number of nitrogens with one attached hydrogen (secondary N) is 1. The highest BCUT2D eigenvalue weighted by atomic mass is 79.9. The number of rotatable bonds is 3. The molecule has 1 aliphatic rings. The van der Waals surface area contributed by atoms with Gasteiger partial charge in [0.05, 0.1) is 19.1 Å². The van der Waals surface area contributed by atoms with E-state index in [0.717, 1.165) is 35.4 Å². The highest BCUT2D eigenvalue weighted by molar-refractivity contribution is 9.10. The lowest BCUT2D eigenvalue weighted by atomic mass is 9.86. The van der Waals surface area contributed by atoms with Crippen LogP contribution in [0.1, 0.15) is 19.0 Å². The Morgan fingerprint density at radius 2 is 2.30 bits per heavy atom. The minimum atomic E-state index is 0.115. The van der Waals surface area contributed by atoms with E-state index in [1.54, 1.807) is 7.11 Å². The van der Waals surface area contributed by atoms with Gasteiger partial charge in [0, 0.05) is 28.3 Å². The summed E-state index contributed by atoms with van der Waals surface area (Å²) in [5, 5.41) is 3.44. The van der Waals surface area contributed by atoms with Gasteiger partial charge in [-0.1, -0.05) is 22.9 Å². The van der Waals surface area contributed by atoms with Crippen molar-refractivity contribution in [3.8, 4) is 11.4 Å². The van der Waals surface area contributed by atoms with Gasteiger partial charge in [0.25, 0.3) is 0 Å². The van der Waals surface area contributed by atoms with E-state index in [4.69, 9.17) is 4.74 Å². The molecule has 1 aromatic heterocycles. The molecule has 106 valence electrons. The monoisotopic (exact) mass is 335 g/mol. The van der Waals surface area contributed by atoms with Crippen molar-refractivity contribution in [2.24, 2.45) is 0 Å². The highest BCUT2D eigenvalue weighted by Gasteiger charge is 2.34. The zero-order valence-corrected chi connectivity index (χ0v) is 13.3. The van der Waals surface area contributed by atoms with Gasteiger partial charge in [-0.2, -0.15) is 0 Å². The van der Waals surface area contributed by atoms with E-state index >= 15 is 0 Å². The molecule has 1 atom stereocenters. The van der Waals surface area contributed by atoms with Gasteiger partial charge in [-0.3, -0.25) is 4.57 Å². The lowest BCUT2D eigenvalue weighted by Crippen LogP contribution is -2.27. The van der Waals surface area contributed by atoms with E-state index in [9.17, 15) is 0 Å². The molecule has 0 spiro atoms. The number of halogens is 1. The third-order valence-corrected chi connectivity index (χ3v) is 4.52. The van der Waals surface area contributed by atoms with E-state index in [-0.39, 0.29) is 5.41 Å². The molecule has 2 aromatic rings. The molecule has 4 nitrogen and oxygen atoms in total. The number of imidazole rings is 1. The molecule has 2 heterocycles. The van der Waals surface area contributed by atoms with Gasteiger partial charge in [0.2, 0.25) is 0 Å². The van der Waals surface area contributed by atoms with Gasteiger partial charge < -0.3 is 10.1 Å². The molecule has 0 saturated carbocycles. The normalized spacial score (nSPS) is 22.1. The first-order valence-corrected chi connectivity index (χ1v) is 7.51. The Labute approximate surface area is 127 Å². The van der Waals surface area contributed by atoms with Gasteiger partial charge in [0.15, 0.2) is 0 Å². The lowest BCUT2D eigenvalue weighted by Gasteiger charge is -2.25. The SMILES string of the molecule is COc1ccc(Br)cc1-n1cncc1C1(C)CCNC1. The first kappa shape index (κ1) is 13.6. The Morgan fingerprint density at radius 1 is 1.45 bits per heavy atom. The number of hydrogen-bond acceptors (Lipinski definition) is 3. The predicted octanol–water partition coefficient (Wildman–Crippen LogP) is 2.89. The Balaban J connectivity index is 2.12. The van der Waals surface area contributed by atoms with Crippen molar-refractivity contribution in [3.05, 3.63) is 40.9 Å². The molecule has 0 amide bonds. The summed E-state index contributed by atoms with van der Waals surface area (Å²) in [6, 6.07) is 6.02. The summed E-state index contributed by atoms with van der Waals surface area (Å²) in [5.41, 5.74) is 2.35. The van der Waals surface area contributed by atoms with Crippen LogP contribution < -0.4 is 10.1 Å². The van der Waals surface area contributed by atoms with E-state index in [0.29, 0.717) is 0 Å². The van der Waals surface area contributed by atoms with Crippen LogP contribution in [0.4, 0.5) is 0 Å². The largest absolute Gasteiger partial charge is 0.495 e. The lowest BCUT2D eigenvalue weighted by molar-refractivity contribution is 0.410. The second-order valence-electron chi connectivity index (χ2n) is 5.45.